The van der Waals surface area contributed by atoms with Gasteiger partial charge >= 0.3 is 0 Å². The van der Waals surface area contributed by atoms with Crippen LogP contribution in [-0.4, -0.2) is 0 Å². The summed E-state index contributed by atoms with van der Waals surface area (Å²) >= 11 is 0. The van der Waals surface area contributed by atoms with Gasteiger partial charge in [0.2, 0.25) is 0 Å². The van der Waals surface area contributed by atoms with Gasteiger partial charge in [0.25, 0.3) is 0 Å². The Morgan fingerprint density at radius 2 is 1.83 bits per heavy atom. The summed E-state index contributed by atoms with van der Waals surface area (Å²) in [5.74, 6) is 0. The first-order valence-corrected chi connectivity index (χ1v) is 3.79. The molecule has 0 atom stereocenters. The van der Waals surface area contributed by atoms with E-state index in [1.54, 1.807) is 0 Å². The van der Waals surface area contributed by atoms with Crippen LogP contribution in [-0.2, 0) is 21.7 Å². The van der Waals surface area contributed by atoms with E-state index in [9.17, 15) is 0 Å². The molecular weight excluding hydrogens is 180 g/mol. The molecule has 0 unspecified atom stereocenters. The normalized spacial score (nSPS) is 13.8. The maximum Gasteiger partial charge on any atom is 0 e. The van der Waals surface area contributed by atoms with Gasteiger partial charge in [-0.2, -0.15) is 17.7 Å². The van der Waals surface area contributed by atoms with Crippen LogP contribution < -0.4 is 0 Å². The molecule has 0 aromatic heterocycles. The zero-order valence-corrected chi connectivity index (χ0v) is 8.31. The van der Waals surface area contributed by atoms with Gasteiger partial charge in [0, 0.05) is 21.7 Å². The summed E-state index contributed by atoms with van der Waals surface area (Å²) in [4.78, 5) is 0. The molecule has 0 bridgehead atoms. The van der Waals surface area contributed by atoms with Crippen LogP contribution in [0.4, 0.5) is 0 Å². The quantitative estimate of drug-likeness (QED) is 0.470. The summed E-state index contributed by atoms with van der Waals surface area (Å²) in [5.41, 5.74) is 2.49. The van der Waals surface area contributed by atoms with Crippen molar-refractivity contribution in [1.29, 1.82) is 0 Å². The van der Waals surface area contributed by atoms with Gasteiger partial charge in [0.05, 0.1) is 0 Å². The van der Waals surface area contributed by atoms with E-state index >= 15 is 0 Å². The molecule has 1 heteroatoms. The van der Waals surface area contributed by atoms with Crippen LogP contribution in [0.25, 0.3) is 5.57 Å². The van der Waals surface area contributed by atoms with Crippen molar-refractivity contribution >= 4 is 5.57 Å². The standard InChI is InChI=1S/C11H9.Ti/c1-2-6-10(7-3-1)11-8-4-5-9-11;/h1-4,6-8H,5H2;/q-1;. The zero-order valence-electron chi connectivity index (χ0n) is 6.75. The maximum atomic E-state index is 3.28. The van der Waals surface area contributed by atoms with Gasteiger partial charge in [-0.3, -0.25) is 0 Å². The molecule has 1 aromatic carbocycles. The molecule has 0 nitrogen and oxygen atoms in total. The molecule has 0 aliphatic heterocycles. The van der Waals surface area contributed by atoms with Crippen LogP contribution in [0, 0.1) is 6.08 Å². The van der Waals surface area contributed by atoms with Crippen LogP contribution in [0.3, 0.4) is 0 Å². The van der Waals surface area contributed by atoms with Crippen molar-refractivity contribution < 1.29 is 21.7 Å². The van der Waals surface area contributed by atoms with Crippen LogP contribution in [0.15, 0.2) is 42.5 Å². The van der Waals surface area contributed by atoms with E-state index < -0.39 is 0 Å². The molecule has 0 radical (unpaired) electrons. The average molecular weight is 189 g/mol. The second-order valence-corrected chi connectivity index (χ2v) is 2.56. The fourth-order valence-electron chi connectivity index (χ4n) is 1.22. The molecule has 0 N–H and O–H groups in total. The van der Waals surface area contributed by atoms with Crippen molar-refractivity contribution in [3.05, 3.63) is 54.1 Å². The smallest absolute Gasteiger partial charge is 0 e. The summed E-state index contributed by atoms with van der Waals surface area (Å²) in [7, 11) is 0. The molecule has 0 spiro atoms. The predicted molar refractivity (Wildman–Crippen MR) is 46.8 cm³/mol. The van der Waals surface area contributed by atoms with E-state index in [1.165, 1.54) is 11.1 Å². The molecule has 0 heterocycles. The van der Waals surface area contributed by atoms with E-state index in [0.717, 1.165) is 6.42 Å². The number of hydrogen-bond acceptors (Lipinski definition) is 0. The Morgan fingerprint density at radius 1 is 1.08 bits per heavy atom. The van der Waals surface area contributed by atoms with Gasteiger partial charge in [-0.25, -0.2) is 0 Å². The Labute approximate surface area is 87.9 Å². The van der Waals surface area contributed by atoms with E-state index in [2.05, 4.69) is 42.5 Å². The molecule has 1 aliphatic carbocycles. The van der Waals surface area contributed by atoms with Gasteiger partial charge in [0.1, 0.15) is 0 Å². The van der Waals surface area contributed by atoms with E-state index in [1.807, 2.05) is 6.07 Å². The Kier molecular flexibility index (Phi) is 3.52. The third-order valence-corrected chi connectivity index (χ3v) is 1.78. The largest absolute Gasteiger partial charge is 0.197 e. The maximum absolute atomic E-state index is 3.28. The molecule has 0 amide bonds. The first-order valence-electron chi connectivity index (χ1n) is 3.79. The third-order valence-electron chi connectivity index (χ3n) is 1.78. The number of benzene rings is 1. The number of hydrogen-bond donors (Lipinski definition) is 0. The second-order valence-electron chi connectivity index (χ2n) is 2.56. The average Bonchev–Trinajstić information content (AvgIpc) is 2.58. The summed E-state index contributed by atoms with van der Waals surface area (Å²) in [6, 6.07) is 10.4. The van der Waals surface area contributed by atoms with Crippen molar-refractivity contribution in [3.8, 4) is 0 Å². The van der Waals surface area contributed by atoms with Crippen molar-refractivity contribution in [3.63, 3.8) is 0 Å². The molecule has 12 heavy (non-hydrogen) atoms. The SMILES string of the molecule is [C-]1=C(c2ccccc2)C=CC1.[Ti]. The van der Waals surface area contributed by atoms with Crippen molar-refractivity contribution in [2.75, 3.05) is 0 Å². The molecule has 0 saturated carbocycles. The molecule has 1 aromatic rings. The zero-order chi connectivity index (χ0) is 7.52. The van der Waals surface area contributed by atoms with Crippen molar-refractivity contribution in [2.24, 2.45) is 0 Å². The van der Waals surface area contributed by atoms with Crippen molar-refractivity contribution in [2.45, 2.75) is 6.42 Å². The first-order chi connectivity index (χ1) is 5.47. The van der Waals surface area contributed by atoms with Crippen LogP contribution in [0.2, 0.25) is 0 Å². The fourth-order valence-corrected chi connectivity index (χ4v) is 1.22. The minimum absolute atomic E-state index is 0. The van der Waals surface area contributed by atoms with Gasteiger partial charge in [-0.1, -0.05) is 24.6 Å². The summed E-state index contributed by atoms with van der Waals surface area (Å²) < 4.78 is 0. The van der Waals surface area contributed by atoms with Crippen LogP contribution in [0.5, 0.6) is 0 Å². The van der Waals surface area contributed by atoms with Gasteiger partial charge < -0.3 is 0 Å². The van der Waals surface area contributed by atoms with Crippen LogP contribution in [0.1, 0.15) is 12.0 Å². The Morgan fingerprint density at radius 3 is 2.42 bits per heavy atom. The molecular formula is C11H9Ti-. The molecule has 58 valence electrons. The van der Waals surface area contributed by atoms with Gasteiger partial charge in [-0.15, -0.1) is 23.8 Å². The molecule has 0 saturated heterocycles. The number of rotatable bonds is 1. The van der Waals surface area contributed by atoms with Crippen molar-refractivity contribution in [1.82, 2.24) is 0 Å². The van der Waals surface area contributed by atoms with E-state index in [0.29, 0.717) is 0 Å². The summed E-state index contributed by atoms with van der Waals surface area (Å²) in [6.07, 6.45) is 8.49. The minimum atomic E-state index is 0. The molecule has 2 rings (SSSR count). The second kappa shape index (κ2) is 4.44. The number of allylic oxidation sites excluding steroid dienone is 4. The van der Waals surface area contributed by atoms with E-state index in [-0.39, 0.29) is 21.7 Å². The van der Waals surface area contributed by atoms with Gasteiger partial charge in [0.15, 0.2) is 0 Å². The summed E-state index contributed by atoms with van der Waals surface area (Å²) in [5, 5.41) is 0. The Hall–Kier alpha value is -0.586. The van der Waals surface area contributed by atoms with E-state index in [4.69, 9.17) is 0 Å². The molecule has 1 aliphatic rings. The monoisotopic (exact) mass is 189 g/mol. The Bertz CT molecular complexity index is 296. The third kappa shape index (κ3) is 1.97. The minimum Gasteiger partial charge on any atom is -0.197 e. The van der Waals surface area contributed by atoms with Crippen LogP contribution >= 0.6 is 0 Å². The Balaban J connectivity index is 0.000000720. The topological polar surface area (TPSA) is 0 Å². The summed E-state index contributed by atoms with van der Waals surface area (Å²) in [6.45, 7) is 0. The van der Waals surface area contributed by atoms with Gasteiger partial charge in [-0.05, 0) is 0 Å². The fraction of sp³-hybridized carbons (Fsp3) is 0.0909. The first kappa shape index (κ1) is 9.50. The predicted octanol–water partition coefficient (Wildman–Crippen LogP) is 2.83. The molecule has 0 fully saturated rings.